The van der Waals surface area contributed by atoms with Crippen LogP contribution in [0, 0.1) is 11.6 Å². The SMILES string of the molecule is C.C=C(C)CC(C(=O)O)c1cc(-c2ccc(C(F)(F)F)cc2)nc(-c2ccc(F)cc2F)c1. The van der Waals surface area contributed by atoms with Gasteiger partial charge in [-0.25, -0.2) is 13.8 Å². The third kappa shape index (κ3) is 6.03. The van der Waals surface area contributed by atoms with Crippen molar-refractivity contribution < 1.29 is 31.9 Å². The van der Waals surface area contributed by atoms with Gasteiger partial charge in [0.15, 0.2) is 0 Å². The normalized spacial score (nSPS) is 12.1. The summed E-state index contributed by atoms with van der Waals surface area (Å²) >= 11 is 0. The summed E-state index contributed by atoms with van der Waals surface area (Å²) in [6.07, 6.45) is -4.43. The lowest BCUT2D eigenvalue weighted by Gasteiger charge is -2.16. The molecule has 0 aliphatic heterocycles. The minimum atomic E-state index is -4.52. The second-order valence-corrected chi connectivity index (χ2v) is 7.42. The summed E-state index contributed by atoms with van der Waals surface area (Å²) in [4.78, 5) is 16.2. The zero-order valence-electron chi connectivity index (χ0n) is 16.9. The van der Waals surface area contributed by atoms with Crippen LogP contribution in [0.5, 0.6) is 0 Å². The highest BCUT2D eigenvalue weighted by molar-refractivity contribution is 5.79. The third-order valence-electron chi connectivity index (χ3n) is 4.82. The highest BCUT2D eigenvalue weighted by atomic mass is 19.4. The molecule has 0 fully saturated rings. The van der Waals surface area contributed by atoms with Crippen LogP contribution in [0.25, 0.3) is 22.5 Å². The summed E-state index contributed by atoms with van der Waals surface area (Å²) in [5, 5.41) is 9.71. The van der Waals surface area contributed by atoms with Crippen LogP contribution < -0.4 is 0 Å². The lowest BCUT2D eigenvalue weighted by Crippen LogP contribution is -2.13. The fourth-order valence-electron chi connectivity index (χ4n) is 3.26. The number of carbonyl (C=O) groups is 1. The van der Waals surface area contributed by atoms with Crippen molar-refractivity contribution >= 4 is 5.97 Å². The number of carboxylic acid groups (broad SMARTS) is 1. The standard InChI is InChI=1S/C24H18F5NO2.CH4/c1-13(2)9-19(23(31)32)15-10-21(14-3-5-16(6-4-14)24(27,28)29)30-22(11-15)18-8-7-17(25)12-20(18)26;/h3-8,10-12,19H,1,9H2,2H3,(H,31,32);1H4. The first-order chi connectivity index (χ1) is 15.0. The van der Waals surface area contributed by atoms with E-state index in [9.17, 15) is 31.9 Å². The predicted molar refractivity (Wildman–Crippen MR) is 117 cm³/mol. The number of hydrogen-bond donors (Lipinski definition) is 1. The van der Waals surface area contributed by atoms with Crippen LogP contribution in [0.4, 0.5) is 22.0 Å². The molecule has 8 heteroatoms. The predicted octanol–water partition coefficient (Wildman–Crippen LogP) is 7.48. The smallest absolute Gasteiger partial charge is 0.416 e. The molecular weight excluding hydrogens is 441 g/mol. The first kappa shape index (κ1) is 25.7. The molecule has 1 heterocycles. The second kappa shape index (κ2) is 9.94. The number of nitrogens with zero attached hydrogens (tertiary/aromatic N) is 1. The van der Waals surface area contributed by atoms with Crippen LogP contribution in [0.15, 0.2) is 66.7 Å². The van der Waals surface area contributed by atoms with E-state index in [4.69, 9.17) is 0 Å². The highest BCUT2D eigenvalue weighted by Crippen LogP contribution is 2.34. The Balaban J connectivity index is 0.00000385. The number of carboxylic acids is 1. The van der Waals surface area contributed by atoms with Gasteiger partial charge in [-0.3, -0.25) is 4.79 Å². The molecule has 174 valence electrons. The van der Waals surface area contributed by atoms with Crippen molar-refractivity contribution in [2.75, 3.05) is 0 Å². The fourth-order valence-corrected chi connectivity index (χ4v) is 3.26. The van der Waals surface area contributed by atoms with E-state index in [1.54, 1.807) is 6.92 Å². The Morgan fingerprint density at radius 1 is 1.03 bits per heavy atom. The number of alkyl halides is 3. The monoisotopic (exact) mass is 463 g/mol. The molecule has 0 aliphatic carbocycles. The van der Waals surface area contributed by atoms with Crippen molar-refractivity contribution in [3.63, 3.8) is 0 Å². The van der Waals surface area contributed by atoms with Gasteiger partial charge in [-0.05, 0) is 55.3 Å². The van der Waals surface area contributed by atoms with Crippen molar-refractivity contribution in [1.82, 2.24) is 4.98 Å². The molecule has 3 rings (SSSR count). The van der Waals surface area contributed by atoms with Gasteiger partial charge in [0.25, 0.3) is 0 Å². The fraction of sp³-hybridized carbons (Fsp3) is 0.200. The van der Waals surface area contributed by atoms with E-state index in [-0.39, 0.29) is 41.9 Å². The molecule has 1 atom stereocenters. The van der Waals surface area contributed by atoms with Crippen LogP contribution in [0.3, 0.4) is 0 Å². The van der Waals surface area contributed by atoms with Crippen molar-refractivity contribution in [1.29, 1.82) is 0 Å². The van der Waals surface area contributed by atoms with Crippen molar-refractivity contribution in [3.8, 4) is 22.5 Å². The van der Waals surface area contributed by atoms with E-state index in [2.05, 4.69) is 11.6 Å². The average Bonchev–Trinajstić information content (AvgIpc) is 2.71. The Bertz CT molecular complexity index is 1170. The zero-order chi connectivity index (χ0) is 23.6. The van der Waals surface area contributed by atoms with Crippen molar-refractivity contribution in [2.45, 2.75) is 32.9 Å². The number of rotatable bonds is 6. The third-order valence-corrected chi connectivity index (χ3v) is 4.82. The summed E-state index contributed by atoms with van der Waals surface area (Å²) in [6.45, 7) is 5.39. The van der Waals surface area contributed by atoms with Gasteiger partial charge in [-0.2, -0.15) is 13.2 Å². The molecule has 3 aromatic rings. The molecule has 1 N–H and O–H groups in total. The topological polar surface area (TPSA) is 50.2 Å². The first-order valence-electron chi connectivity index (χ1n) is 9.48. The number of benzene rings is 2. The van der Waals surface area contributed by atoms with Gasteiger partial charge in [0.1, 0.15) is 11.6 Å². The Labute approximate surface area is 188 Å². The molecule has 2 aromatic carbocycles. The summed E-state index contributed by atoms with van der Waals surface area (Å²) in [5.74, 6) is -3.88. The van der Waals surface area contributed by atoms with E-state index in [1.807, 2.05) is 0 Å². The van der Waals surface area contributed by atoms with Gasteiger partial charge < -0.3 is 5.11 Å². The summed E-state index contributed by atoms with van der Waals surface area (Å²) in [5.41, 5.74) is 0.409. The Hall–Kier alpha value is -3.55. The summed E-state index contributed by atoms with van der Waals surface area (Å²) in [6, 6.07) is 9.86. The molecule has 33 heavy (non-hydrogen) atoms. The van der Waals surface area contributed by atoms with Gasteiger partial charge in [-0.15, -0.1) is 6.58 Å². The number of halogens is 5. The maximum Gasteiger partial charge on any atom is 0.416 e. The van der Waals surface area contributed by atoms with Crippen LogP contribution >= 0.6 is 0 Å². The number of pyridine rings is 1. The van der Waals surface area contributed by atoms with Crippen LogP contribution in [0.1, 0.15) is 37.8 Å². The van der Waals surface area contributed by atoms with E-state index >= 15 is 0 Å². The Morgan fingerprint density at radius 2 is 1.64 bits per heavy atom. The van der Waals surface area contributed by atoms with E-state index in [0.717, 1.165) is 18.2 Å². The molecular formula is C25H22F5NO2. The quantitative estimate of drug-likeness (QED) is 0.304. The Kier molecular flexibility index (Phi) is 7.74. The summed E-state index contributed by atoms with van der Waals surface area (Å²) < 4.78 is 66.5. The lowest BCUT2D eigenvalue weighted by molar-refractivity contribution is -0.139. The number of hydrogen-bond acceptors (Lipinski definition) is 2. The van der Waals surface area contributed by atoms with Crippen LogP contribution in [-0.2, 0) is 11.0 Å². The average molecular weight is 463 g/mol. The maximum atomic E-state index is 14.4. The molecule has 0 saturated carbocycles. The molecule has 0 bridgehead atoms. The minimum absolute atomic E-state index is 0. The van der Waals surface area contributed by atoms with Gasteiger partial charge in [0.05, 0.1) is 22.9 Å². The highest BCUT2D eigenvalue weighted by Gasteiger charge is 2.30. The number of aliphatic carboxylic acids is 1. The maximum absolute atomic E-state index is 14.4. The Morgan fingerprint density at radius 3 is 2.15 bits per heavy atom. The molecule has 0 radical (unpaired) electrons. The van der Waals surface area contributed by atoms with Gasteiger partial charge in [0.2, 0.25) is 0 Å². The van der Waals surface area contributed by atoms with Crippen LogP contribution in [0.2, 0.25) is 0 Å². The van der Waals surface area contributed by atoms with Crippen molar-refractivity contribution in [2.24, 2.45) is 0 Å². The molecule has 0 aliphatic rings. The molecule has 0 saturated heterocycles. The molecule has 1 aromatic heterocycles. The molecule has 0 spiro atoms. The van der Waals surface area contributed by atoms with Crippen molar-refractivity contribution in [3.05, 3.63) is 89.5 Å². The van der Waals surface area contributed by atoms with Gasteiger partial charge >= 0.3 is 12.1 Å². The molecule has 0 amide bonds. The number of allylic oxidation sites excluding steroid dienone is 1. The second-order valence-electron chi connectivity index (χ2n) is 7.42. The zero-order valence-corrected chi connectivity index (χ0v) is 16.9. The minimum Gasteiger partial charge on any atom is -0.481 e. The van der Waals surface area contributed by atoms with E-state index < -0.39 is 35.3 Å². The van der Waals surface area contributed by atoms with Gasteiger partial charge in [-0.1, -0.05) is 25.1 Å². The van der Waals surface area contributed by atoms with Crippen LogP contribution in [-0.4, -0.2) is 16.1 Å². The molecule has 1 unspecified atom stereocenters. The first-order valence-corrected chi connectivity index (χ1v) is 9.48. The van der Waals surface area contributed by atoms with E-state index in [0.29, 0.717) is 11.6 Å². The van der Waals surface area contributed by atoms with Gasteiger partial charge in [0, 0.05) is 17.2 Å². The molecule has 3 nitrogen and oxygen atoms in total. The lowest BCUT2D eigenvalue weighted by atomic mass is 9.91. The number of aromatic nitrogens is 1. The van der Waals surface area contributed by atoms with E-state index in [1.165, 1.54) is 30.3 Å². The largest absolute Gasteiger partial charge is 0.481 e. The summed E-state index contributed by atoms with van der Waals surface area (Å²) in [7, 11) is 0.